The fourth-order valence-electron chi connectivity index (χ4n) is 4.60. The molecule has 0 spiro atoms. The zero-order valence-electron chi connectivity index (χ0n) is 20.7. The molecule has 8 nitrogen and oxygen atoms in total. The van der Waals surface area contributed by atoms with Gasteiger partial charge in [-0.1, -0.05) is 44.0 Å². The predicted molar refractivity (Wildman–Crippen MR) is 134 cm³/mol. The topological polar surface area (TPSA) is 94.3 Å². The molecule has 0 fully saturated rings. The van der Waals surface area contributed by atoms with Gasteiger partial charge in [-0.15, -0.1) is 5.10 Å². The lowest BCUT2D eigenvalue weighted by molar-refractivity contribution is 0.373. The van der Waals surface area contributed by atoms with E-state index >= 15 is 0 Å². The normalized spacial score (nSPS) is 11.8. The predicted octanol–water partition coefficient (Wildman–Crippen LogP) is 4.74. The minimum absolute atomic E-state index is 0.0646. The molecule has 4 aromatic rings. The van der Waals surface area contributed by atoms with Crippen LogP contribution in [-0.4, -0.2) is 34.7 Å². The van der Waals surface area contributed by atoms with Gasteiger partial charge in [-0.3, -0.25) is 14.1 Å². The lowest BCUT2D eigenvalue weighted by Crippen LogP contribution is -2.35. The molecule has 8 heteroatoms. The van der Waals surface area contributed by atoms with Crippen LogP contribution < -0.4 is 5.69 Å². The number of rotatable bonds is 8. The first-order valence-electron chi connectivity index (χ1n) is 11.9. The van der Waals surface area contributed by atoms with Gasteiger partial charge in [0.2, 0.25) is 0 Å². The highest BCUT2D eigenvalue weighted by atomic mass is 16.2. The van der Waals surface area contributed by atoms with Gasteiger partial charge in [-0.25, -0.2) is 9.89 Å². The maximum Gasteiger partial charge on any atom is 0.329 e. The summed E-state index contributed by atoms with van der Waals surface area (Å²) >= 11 is 0. The summed E-state index contributed by atoms with van der Waals surface area (Å²) in [7, 11) is 0. The van der Waals surface area contributed by atoms with Gasteiger partial charge in [0, 0.05) is 34.9 Å². The number of hydrogen-bond donors (Lipinski definition) is 1. The van der Waals surface area contributed by atoms with Gasteiger partial charge in [0.1, 0.15) is 0 Å². The van der Waals surface area contributed by atoms with Crippen molar-refractivity contribution >= 4 is 0 Å². The molecule has 0 atom stereocenters. The van der Waals surface area contributed by atoms with Crippen LogP contribution in [0.4, 0.5) is 0 Å². The van der Waals surface area contributed by atoms with Crippen LogP contribution in [0.5, 0.6) is 0 Å². The van der Waals surface area contributed by atoms with E-state index in [1.807, 2.05) is 15.2 Å². The molecular weight excluding hydrogens is 426 g/mol. The third kappa shape index (κ3) is 4.71. The van der Waals surface area contributed by atoms with E-state index in [4.69, 9.17) is 0 Å². The van der Waals surface area contributed by atoms with Gasteiger partial charge in [-0.05, 0) is 73.7 Å². The minimum Gasteiger partial charge on any atom is -0.292 e. The maximum atomic E-state index is 13.5. The average Bonchev–Trinajstić information content (AvgIpc) is 3.42. The summed E-state index contributed by atoms with van der Waals surface area (Å²) in [6, 6.07) is 10.3. The Bertz CT molecular complexity index is 1290. The second-order valence-electron chi connectivity index (χ2n) is 9.73. The molecule has 0 saturated carbocycles. The number of tetrazole rings is 1. The Labute approximate surface area is 200 Å². The van der Waals surface area contributed by atoms with Crippen LogP contribution in [0, 0.1) is 6.92 Å². The van der Waals surface area contributed by atoms with E-state index in [9.17, 15) is 4.79 Å². The number of pyridine rings is 1. The van der Waals surface area contributed by atoms with Gasteiger partial charge < -0.3 is 0 Å². The Morgan fingerprint density at radius 3 is 2.44 bits per heavy atom. The van der Waals surface area contributed by atoms with Crippen LogP contribution in [-0.2, 0) is 18.5 Å². The summed E-state index contributed by atoms with van der Waals surface area (Å²) in [4.78, 5) is 17.7. The highest BCUT2D eigenvalue weighted by molar-refractivity contribution is 5.79. The number of unbranched alkanes of at least 4 members (excludes halogenated alkanes) is 2. The van der Waals surface area contributed by atoms with Crippen molar-refractivity contribution in [2.75, 3.05) is 0 Å². The maximum absolute atomic E-state index is 13.5. The lowest BCUT2D eigenvalue weighted by Gasteiger charge is -2.21. The van der Waals surface area contributed by atoms with Gasteiger partial charge in [0.25, 0.3) is 0 Å². The first-order chi connectivity index (χ1) is 16.3. The van der Waals surface area contributed by atoms with Crippen LogP contribution in [0.25, 0.3) is 22.5 Å². The van der Waals surface area contributed by atoms with Crippen molar-refractivity contribution in [1.29, 1.82) is 0 Å². The Hall–Kier alpha value is -3.55. The standard InChI is InChI=1S/C26H33N7O/c1-6-7-8-9-23-18(2)33(26(3,4)5)25(34)32(23)17-19-10-12-20(13-11-19)21-14-15-27-16-22(21)24-28-30-31-29-24/h10-16H,6-9,17H2,1-5H3,(H,28,29,30,31). The van der Waals surface area contributed by atoms with E-state index in [1.54, 1.807) is 12.4 Å². The molecule has 0 bridgehead atoms. The lowest BCUT2D eigenvalue weighted by atomic mass is 10.00. The van der Waals surface area contributed by atoms with Gasteiger partial charge in [-0.2, -0.15) is 0 Å². The van der Waals surface area contributed by atoms with Crippen LogP contribution in [0.2, 0.25) is 0 Å². The van der Waals surface area contributed by atoms with Crippen molar-refractivity contribution in [2.45, 2.75) is 72.4 Å². The summed E-state index contributed by atoms with van der Waals surface area (Å²) in [5.74, 6) is 0.578. The molecule has 3 aromatic heterocycles. The molecule has 0 saturated heterocycles. The first-order valence-corrected chi connectivity index (χ1v) is 11.9. The Kier molecular flexibility index (Phi) is 6.77. The number of benzene rings is 1. The smallest absolute Gasteiger partial charge is 0.292 e. The summed E-state index contributed by atoms with van der Waals surface area (Å²) < 4.78 is 3.90. The molecular formula is C26H33N7O. The summed E-state index contributed by atoms with van der Waals surface area (Å²) in [5, 5.41) is 14.2. The molecule has 1 N–H and O–H groups in total. The minimum atomic E-state index is -0.261. The number of nitrogens with zero attached hydrogens (tertiary/aromatic N) is 6. The average molecular weight is 460 g/mol. The van der Waals surface area contributed by atoms with Crippen molar-refractivity contribution in [3.05, 3.63) is 70.2 Å². The molecule has 1 aromatic carbocycles. The van der Waals surface area contributed by atoms with Crippen molar-refractivity contribution < 1.29 is 0 Å². The second-order valence-corrected chi connectivity index (χ2v) is 9.73. The van der Waals surface area contributed by atoms with E-state index in [0.717, 1.165) is 59.3 Å². The van der Waals surface area contributed by atoms with Crippen molar-refractivity contribution in [3.63, 3.8) is 0 Å². The molecule has 0 amide bonds. The second kappa shape index (κ2) is 9.75. The SMILES string of the molecule is CCCCCc1c(C)n(C(C)(C)C)c(=O)n1Cc1ccc(-c2ccncc2-c2nnn[nH]2)cc1. The van der Waals surface area contributed by atoms with Gasteiger partial charge >= 0.3 is 5.69 Å². The number of nitrogens with one attached hydrogen (secondary N) is 1. The highest BCUT2D eigenvalue weighted by Crippen LogP contribution is 2.29. The molecule has 0 aliphatic carbocycles. The molecule has 0 aliphatic rings. The molecule has 0 radical (unpaired) electrons. The zero-order valence-corrected chi connectivity index (χ0v) is 20.7. The number of imidazole rings is 1. The molecule has 34 heavy (non-hydrogen) atoms. The summed E-state index contributed by atoms with van der Waals surface area (Å²) in [5.41, 5.74) is 5.99. The Morgan fingerprint density at radius 2 is 1.79 bits per heavy atom. The van der Waals surface area contributed by atoms with E-state index in [2.05, 4.69) is 84.5 Å². The highest BCUT2D eigenvalue weighted by Gasteiger charge is 2.24. The summed E-state index contributed by atoms with van der Waals surface area (Å²) in [6.07, 6.45) is 7.85. The zero-order chi connectivity index (χ0) is 24.3. The van der Waals surface area contributed by atoms with E-state index in [1.165, 1.54) is 0 Å². The number of aromatic amines is 1. The number of H-pyrrole nitrogens is 1. The third-order valence-electron chi connectivity index (χ3n) is 6.22. The van der Waals surface area contributed by atoms with Crippen LogP contribution in [0.15, 0.2) is 47.5 Å². The number of hydrogen-bond acceptors (Lipinski definition) is 5. The molecule has 0 aliphatic heterocycles. The van der Waals surface area contributed by atoms with Crippen molar-refractivity contribution in [1.82, 2.24) is 34.7 Å². The monoisotopic (exact) mass is 459 g/mol. The van der Waals surface area contributed by atoms with E-state index < -0.39 is 0 Å². The van der Waals surface area contributed by atoms with Crippen molar-refractivity contribution in [2.24, 2.45) is 0 Å². The molecule has 0 unspecified atom stereocenters. The van der Waals surface area contributed by atoms with E-state index in [-0.39, 0.29) is 11.2 Å². The molecule has 4 rings (SSSR count). The van der Waals surface area contributed by atoms with E-state index in [0.29, 0.717) is 12.4 Å². The van der Waals surface area contributed by atoms with Crippen LogP contribution in [0.3, 0.4) is 0 Å². The number of aromatic nitrogens is 7. The molecule has 178 valence electrons. The summed E-state index contributed by atoms with van der Waals surface area (Å²) in [6.45, 7) is 11.1. The molecule has 3 heterocycles. The quantitative estimate of drug-likeness (QED) is 0.384. The van der Waals surface area contributed by atoms with Crippen molar-refractivity contribution in [3.8, 4) is 22.5 Å². The third-order valence-corrected chi connectivity index (χ3v) is 6.22. The van der Waals surface area contributed by atoms with Crippen LogP contribution in [0.1, 0.15) is 63.9 Å². The largest absolute Gasteiger partial charge is 0.329 e. The first kappa shape index (κ1) is 23.6. The van der Waals surface area contributed by atoms with Gasteiger partial charge in [0.05, 0.1) is 6.54 Å². The Morgan fingerprint density at radius 1 is 1.03 bits per heavy atom. The van der Waals surface area contributed by atoms with Crippen LogP contribution >= 0.6 is 0 Å². The fourth-order valence-corrected chi connectivity index (χ4v) is 4.60. The van der Waals surface area contributed by atoms with Gasteiger partial charge in [0.15, 0.2) is 5.82 Å². The Balaban J connectivity index is 1.67. The fraction of sp³-hybridized carbons (Fsp3) is 0.423.